The number of rotatable bonds is 7. The van der Waals surface area contributed by atoms with Crippen LogP contribution in [0.2, 0.25) is 0 Å². The lowest BCUT2D eigenvalue weighted by Crippen LogP contribution is -2.48. The van der Waals surface area contributed by atoms with Gasteiger partial charge in [0.2, 0.25) is 0 Å². The molecule has 1 unspecified atom stereocenters. The minimum absolute atomic E-state index is 0.0305. The quantitative estimate of drug-likeness (QED) is 0.643. The first-order valence-electron chi connectivity index (χ1n) is 12.0. The van der Waals surface area contributed by atoms with Crippen molar-refractivity contribution in [2.24, 2.45) is 5.92 Å². The Morgan fingerprint density at radius 2 is 1.94 bits per heavy atom. The summed E-state index contributed by atoms with van der Waals surface area (Å²) in [6.07, 6.45) is 5.06. The summed E-state index contributed by atoms with van der Waals surface area (Å²) in [6.45, 7) is 0.652. The molecule has 1 fully saturated rings. The number of hydrogen-bond donors (Lipinski definition) is 1. The third kappa shape index (κ3) is 5.13. The molecule has 0 aromatic heterocycles. The molecular formula is C26H31F3N2O3. The summed E-state index contributed by atoms with van der Waals surface area (Å²) in [5.41, 5.74) is 0.704. The van der Waals surface area contributed by atoms with Gasteiger partial charge in [0.15, 0.2) is 11.4 Å². The molecule has 34 heavy (non-hydrogen) atoms. The van der Waals surface area contributed by atoms with Crippen molar-refractivity contribution in [3.8, 4) is 0 Å². The molecule has 3 aliphatic rings. The first-order valence-corrected chi connectivity index (χ1v) is 12.0. The lowest BCUT2D eigenvalue weighted by molar-refractivity contribution is -0.185. The van der Waals surface area contributed by atoms with Gasteiger partial charge in [0.05, 0.1) is 6.54 Å². The molecule has 184 valence electrons. The number of carbonyl (C=O) groups is 2. The Balaban J connectivity index is 1.45. The van der Waals surface area contributed by atoms with Gasteiger partial charge in [0.1, 0.15) is 0 Å². The molecule has 4 rings (SSSR count). The second kappa shape index (κ2) is 10.0. The number of allylic oxidation sites excluding steroid dienone is 2. The lowest BCUT2D eigenvalue weighted by atomic mass is 9.67. The molecule has 5 nitrogen and oxygen atoms in total. The zero-order chi connectivity index (χ0) is 24.3. The fourth-order valence-electron chi connectivity index (χ4n) is 5.15. The highest BCUT2D eigenvalue weighted by Crippen LogP contribution is 2.45. The highest BCUT2D eigenvalue weighted by atomic mass is 19.4. The van der Waals surface area contributed by atoms with Crippen LogP contribution in [0, 0.1) is 5.92 Å². The molecule has 8 heteroatoms. The van der Waals surface area contributed by atoms with E-state index in [0.717, 1.165) is 42.6 Å². The average Bonchev–Trinajstić information content (AvgIpc) is 2.86. The zero-order valence-electron chi connectivity index (χ0n) is 19.2. The largest absolute Gasteiger partial charge is 0.471 e. The van der Waals surface area contributed by atoms with Crippen LogP contribution < -0.4 is 0 Å². The van der Waals surface area contributed by atoms with Crippen LogP contribution in [0.15, 0.2) is 48.1 Å². The van der Waals surface area contributed by atoms with Gasteiger partial charge in [-0.05, 0) is 54.7 Å². The van der Waals surface area contributed by atoms with Crippen molar-refractivity contribution in [2.75, 3.05) is 26.2 Å². The van der Waals surface area contributed by atoms with Gasteiger partial charge in [0.25, 0.3) is 0 Å². The van der Waals surface area contributed by atoms with E-state index in [-0.39, 0.29) is 37.8 Å². The zero-order valence-corrected chi connectivity index (χ0v) is 19.2. The predicted octanol–water partition coefficient (Wildman–Crippen LogP) is 4.12. The Kier molecular flexibility index (Phi) is 7.28. The van der Waals surface area contributed by atoms with E-state index in [9.17, 15) is 27.9 Å². The molecule has 1 saturated carbocycles. The molecule has 1 N–H and O–H groups in total. The normalized spacial score (nSPS) is 23.6. The van der Waals surface area contributed by atoms with Gasteiger partial charge in [-0.15, -0.1) is 0 Å². The summed E-state index contributed by atoms with van der Waals surface area (Å²) < 4.78 is 39.6. The second-order valence-corrected chi connectivity index (χ2v) is 9.52. The standard InChI is InChI=1S/C26H31F3N2O3/c27-26(28,29)24(33)31(16-19-8-2-1-3-9-19)15-7-14-30-17-20-10-4-5-13-22(20)25(34,23(32)18-30)21-11-6-12-21/h2,4-5,8-10,13,21,34H,1,3,6-7,11-12,14-18H2. The van der Waals surface area contributed by atoms with Crippen molar-refractivity contribution in [2.45, 2.75) is 56.8 Å². The van der Waals surface area contributed by atoms with E-state index in [2.05, 4.69) is 0 Å². The molecule has 0 saturated heterocycles. The van der Waals surface area contributed by atoms with Gasteiger partial charge in [-0.2, -0.15) is 13.2 Å². The van der Waals surface area contributed by atoms with Gasteiger partial charge in [-0.1, -0.05) is 48.9 Å². The van der Waals surface area contributed by atoms with Gasteiger partial charge in [-0.25, -0.2) is 0 Å². The summed E-state index contributed by atoms with van der Waals surface area (Å²) in [5, 5.41) is 11.5. The number of fused-ring (bicyclic) bond motifs is 1. The van der Waals surface area contributed by atoms with E-state index >= 15 is 0 Å². The van der Waals surface area contributed by atoms with Crippen LogP contribution in [0.25, 0.3) is 0 Å². The third-order valence-electron chi connectivity index (χ3n) is 7.19. The Bertz CT molecular complexity index is 984. The molecule has 0 radical (unpaired) electrons. The Labute approximate surface area is 197 Å². The van der Waals surface area contributed by atoms with Crippen LogP contribution in [-0.2, 0) is 21.7 Å². The second-order valence-electron chi connectivity index (χ2n) is 9.52. The van der Waals surface area contributed by atoms with E-state index in [1.165, 1.54) is 0 Å². The minimum Gasteiger partial charge on any atom is -0.377 e. The molecule has 1 atom stereocenters. The van der Waals surface area contributed by atoms with Crippen LogP contribution in [0.4, 0.5) is 13.2 Å². The summed E-state index contributed by atoms with van der Waals surface area (Å²) in [6, 6.07) is 7.39. The Morgan fingerprint density at radius 3 is 2.59 bits per heavy atom. The number of benzene rings is 1. The van der Waals surface area contributed by atoms with Gasteiger partial charge < -0.3 is 10.0 Å². The first kappa shape index (κ1) is 24.7. The SMILES string of the molecule is O=C(N(CCCN1CC(=O)C(O)(C2CCC2)c2ccccc2C1)CC1=CCCC=C1)C(F)(F)F. The van der Waals surface area contributed by atoms with Crippen LogP contribution >= 0.6 is 0 Å². The monoisotopic (exact) mass is 476 g/mol. The van der Waals surface area contributed by atoms with Crippen LogP contribution in [0.3, 0.4) is 0 Å². The molecule has 1 aliphatic heterocycles. The number of hydrogen-bond acceptors (Lipinski definition) is 4. The fraction of sp³-hybridized carbons (Fsp3) is 0.538. The van der Waals surface area contributed by atoms with E-state index in [1.54, 1.807) is 6.08 Å². The summed E-state index contributed by atoms with van der Waals surface area (Å²) >= 11 is 0. The number of amides is 1. The van der Waals surface area contributed by atoms with Crippen molar-refractivity contribution >= 4 is 11.7 Å². The number of alkyl halides is 3. The van der Waals surface area contributed by atoms with Crippen molar-refractivity contribution in [1.82, 2.24) is 9.80 Å². The minimum atomic E-state index is -4.93. The van der Waals surface area contributed by atoms with Crippen molar-refractivity contribution in [1.29, 1.82) is 0 Å². The predicted molar refractivity (Wildman–Crippen MR) is 122 cm³/mol. The Morgan fingerprint density at radius 1 is 1.18 bits per heavy atom. The maximum Gasteiger partial charge on any atom is 0.471 e. The van der Waals surface area contributed by atoms with Gasteiger partial charge in [-0.3, -0.25) is 14.5 Å². The molecule has 1 aromatic carbocycles. The molecule has 2 aliphatic carbocycles. The average molecular weight is 477 g/mol. The summed E-state index contributed by atoms with van der Waals surface area (Å²) in [7, 11) is 0. The molecular weight excluding hydrogens is 445 g/mol. The number of nitrogens with zero attached hydrogens (tertiary/aromatic N) is 2. The first-order chi connectivity index (χ1) is 16.2. The summed E-state index contributed by atoms with van der Waals surface area (Å²) in [5.74, 6) is -2.20. The van der Waals surface area contributed by atoms with E-state index in [0.29, 0.717) is 24.2 Å². The third-order valence-corrected chi connectivity index (χ3v) is 7.19. The van der Waals surface area contributed by atoms with E-state index in [4.69, 9.17) is 0 Å². The maximum absolute atomic E-state index is 13.2. The molecule has 0 bridgehead atoms. The number of carbonyl (C=O) groups excluding carboxylic acids is 2. The van der Waals surface area contributed by atoms with Crippen molar-refractivity contribution in [3.05, 3.63) is 59.2 Å². The Hall–Kier alpha value is -2.45. The van der Waals surface area contributed by atoms with E-state index in [1.807, 2.05) is 41.3 Å². The van der Waals surface area contributed by atoms with E-state index < -0.39 is 17.7 Å². The topological polar surface area (TPSA) is 60.9 Å². The van der Waals surface area contributed by atoms with Crippen LogP contribution in [-0.4, -0.2) is 59.0 Å². The van der Waals surface area contributed by atoms with Crippen LogP contribution in [0.1, 0.15) is 49.7 Å². The number of halogens is 3. The molecule has 0 spiro atoms. The van der Waals surface area contributed by atoms with Gasteiger partial charge in [0, 0.05) is 26.2 Å². The van der Waals surface area contributed by atoms with Crippen LogP contribution in [0.5, 0.6) is 0 Å². The molecule has 1 aromatic rings. The maximum atomic E-state index is 13.2. The summed E-state index contributed by atoms with van der Waals surface area (Å²) in [4.78, 5) is 28.0. The number of Topliss-reactive ketones (excluding diaryl/α,β-unsaturated/α-hetero) is 1. The van der Waals surface area contributed by atoms with Crippen molar-refractivity contribution in [3.63, 3.8) is 0 Å². The highest BCUT2D eigenvalue weighted by molar-refractivity contribution is 5.91. The number of ketones is 1. The molecule has 1 heterocycles. The highest BCUT2D eigenvalue weighted by Gasteiger charge is 2.50. The van der Waals surface area contributed by atoms with Crippen molar-refractivity contribution < 1.29 is 27.9 Å². The number of aliphatic hydroxyl groups is 1. The lowest BCUT2D eigenvalue weighted by Gasteiger charge is -2.40. The smallest absolute Gasteiger partial charge is 0.377 e. The fourth-order valence-corrected chi connectivity index (χ4v) is 5.15. The molecule has 1 amide bonds. The van der Waals surface area contributed by atoms with Gasteiger partial charge >= 0.3 is 12.1 Å².